The Balaban J connectivity index is 1.79. The Bertz CT molecular complexity index is 451. The Kier molecular flexibility index (Phi) is 6.12. The number of hydrogen-bond donors (Lipinski definition) is 1. The molecular weight excluding hydrogens is 280 g/mol. The lowest BCUT2D eigenvalue weighted by atomic mass is 10.1. The van der Waals surface area contributed by atoms with Crippen LogP contribution in [0.25, 0.3) is 0 Å². The molecule has 0 heterocycles. The van der Waals surface area contributed by atoms with Crippen LogP contribution in [0.2, 0.25) is 0 Å². The van der Waals surface area contributed by atoms with Crippen molar-refractivity contribution in [1.82, 2.24) is 5.32 Å². The van der Waals surface area contributed by atoms with Gasteiger partial charge < -0.3 is 10.2 Å². The smallest absolute Gasteiger partial charge is 0.228 e. The minimum Gasteiger partial charge on any atom is -0.315 e. The predicted molar refractivity (Wildman–Crippen MR) is 92.0 cm³/mol. The Hall–Kier alpha value is -1.00. The van der Waals surface area contributed by atoms with Crippen LogP contribution in [0.3, 0.4) is 0 Å². The number of carbonyl (C=O) groups excluding carboxylic acids is 1. The van der Waals surface area contributed by atoms with Crippen molar-refractivity contribution >= 4 is 23.4 Å². The van der Waals surface area contributed by atoms with E-state index >= 15 is 0 Å². The van der Waals surface area contributed by atoms with Gasteiger partial charge >= 0.3 is 0 Å². The molecular formula is C17H26N2OS. The first-order valence-electron chi connectivity index (χ1n) is 7.70. The summed E-state index contributed by atoms with van der Waals surface area (Å²) >= 11 is 1.96. The van der Waals surface area contributed by atoms with Crippen molar-refractivity contribution in [2.45, 2.75) is 49.9 Å². The van der Waals surface area contributed by atoms with Gasteiger partial charge in [-0.1, -0.05) is 18.2 Å². The topological polar surface area (TPSA) is 32.3 Å². The fraction of sp³-hybridized carbons (Fsp3) is 0.588. The number of nitrogens with one attached hydrogen (secondary N) is 1. The molecule has 1 fully saturated rings. The first-order chi connectivity index (χ1) is 10.1. The summed E-state index contributed by atoms with van der Waals surface area (Å²) in [6.45, 7) is 2.11. The van der Waals surface area contributed by atoms with Gasteiger partial charge in [0.1, 0.15) is 0 Å². The van der Waals surface area contributed by atoms with E-state index in [1.54, 1.807) is 4.90 Å². The van der Waals surface area contributed by atoms with E-state index in [2.05, 4.69) is 18.5 Å². The first-order valence-corrected chi connectivity index (χ1v) is 8.99. The summed E-state index contributed by atoms with van der Waals surface area (Å²) < 4.78 is 0. The van der Waals surface area contributed by atoms with Crippen LogP contribution in [0.1, 0.15) is 32.6 Å². The number of thioether (sulfide) groups is 1. The highest BCUT2D eigenvalue weighted by atomic mass is 32.2. The van der Waals surface area contributed by atoms with Crippen molar-refractivity contribution in [3.63, 3.8) is 0 Å². The molecule has 1 aliphatic rings. The highest BCUT2D eigenvalue weighted by molar-refractivity contribution is 7.99. The SMILES string of the molecule is CS[C@@H]1CC[C@H](N[C@@H](C)CC(=O)N(C)c2ccccc2)C1. The highest BCUT2D eigenvalue weighted by Crippen LogP contribution is 2.28. The molecule has 3 atom stereocenters. The lowest BCUT2D eigenvalue weighted by Crippen LogP contribution is -2.39. The Morgan fingerprint density at radius 3 is 2.71 bits per heavy atom. The quantitative estimate of drug-likeness (QED) is 0.875. The Morgan fingerprint density at radius 1 is 1.38 bits per heavy atom. The molecule has 0 aromatic heterocycles. The van der Waals surface area contributed by atoms with Crippen LogP contribution in [0, 0.1) is 0 Å². The average Bonchev–Trinajstić information content (AvgIpc) is 2.94. The van der Waals surface area contributed by atoms with E-state index in [-0.39, 0.29) is 11.9 Å². The average molecular weight is 306 g/mol. The van der Waals surface area contributed by atoms with Gasteiger partial charge in [-0.15, -0.1) is 0 Å². The van der Waals surface area contributed by atoms with Gasteiger partial charge in [-0.3, -0.25) is 4.79 Å². The van der Waals surface area contributed by atoms with Gasteiger partial charge in [-0.05, 0) is 44.6 Å². The summed E-state index contributed by atoms with van der Waals surface area (Å²) in [4.78, 5) is 14.1. The molecule has 1 aromatic carbocycles. The number of anilines is 1. The summed E-state index contributed by atoms with van der Waals surface area (Å²) in [5.74, 6) is 0.167. The molecule has 4 heteroatoms. The van der Waals surface area contributed by atoms with E-state index in [0.717, 1.165) is 10.9 Å². The van der Waals surface area contributed by atoms with Gasteiger partial charge in [0.05, 0.1) is 0 Å². The fourth-order valence-corrected chi connectivity index (χ4v) is 3.76. The molecule has 3 nitrogen and oxygen atoms in total. The second kappa shape index (κ2) is 7.85. The van der Waals surface area contributed by atoms with Gasteiger partial charge in [0, 0.05) is 36.5 Å². The fourth-order valence-electron chi connectivity index (χ4n) is 2.96. The number of rotatable bonds is 6. The van der Waals surface area contributed by atoms with E-state index in [1.165, 1.54) is 19.3 Å². The highest BCUT2D eigenvalue weighted by Gasteiger charge is 2.25. The van der Waals surface area contributed by atoms with Crippen LogP contribution >= 0.6 is 11.8 Å². The number of benzene rings is 1. The molecule has 1 amide bonds. The van der Waals surface area contributed by atoms with Crippen LogP contribution in [-0.2, 0) is 4.79 Å². The third-order valence-electron chi connectivity index (χ3n) is 4.24. The summed E-state index contributed by atoms with van der Waals surface area (Å²) in [5.41, 5.74) is 0.956. The molecule has 21 heavy (non-hydrogen) atoms. The lowest BCUT2D eigenvalue weighted by Gasteiger charge is -2.23. The monoisotopic (exact) mass is 306 g/mol. The summed E-state index contributed by atoms with van der Waals surface area (Å²) in [7, 11) is 1.85. The number of carbonyl (C=O) groups is 1. The van der Waals surface area contributed by atoms with Crippen LogP contribution in [-0.4, -0.2) is 36.5 Å². The maximum absolute atomic E-state index is 12.3. The molecule has 0 saturated heterocycles. The van der Waals surface area contributed by atoms with Crippen LogP contribution < -0.4 is 10.2 Å². The van der Waals surface area contributed by atoms with Gasteiger partial charge in [0.15, 0.2) is 0 Å². The number of nitrogens with zero attached hydrogens (tertiary/aromatic N) is 1. The second-order valence-electron chi connectivity index (χ2n) is 5.93. The van der Waals surface area contributed by atoms with Crippen molar-refractivity contribution in [2.75, 3.05) is 18.2 Å². The van der Waals surface area contributed by atoms with Gasteiger partial charge in [-0.2, -0.15) is 11.8 Å². The third-order valence-corrected chi connectivity index (χ3v) is 5.33. The van der Waals surface area contributed by atoms with Crippen molar-refractivity contribution in [3.8, 4) is 0 Å². The summed E-state index contributed by atoms with van der Waals surface area (Å²) in [6.07, 6.45) is 6.50. The van der Waals surface area contributed by atoms with E-state index in [1.807, 2.05) is 49.1 Å². The molecule has 0 bridgehead atoms. The maximum atomic E-state index is 12.3. The molecule has 0 aliphatic heterocycles. The van der Waals surface area contributed by atoms with E-state index in [0.29, 0.717) is 12.5 Å². The van der Waals surface area contributed by atoms with Crippen LogP contribution in [0.5, 0.6) is 0 Å². The van der Waals surface area contributed by atoms with Gasteiger partial charge in [0.25, 0.3) is 0 Å². The standard InChI is InChI=1S/C17H26N2OS/c1-13(18-14-9-10-16(12-14)21-3)11-17(20)19(2)15-7-5-4-6-8-15/h4-8,13-14,16,18H,9-12H2,1-3H3/t13-,14-,16+/m0/s1. The minimum atomic E-state index is 0.167. The molecule has 0 unspecified atom stereocenters. The number of para-hydroxylation sites is 1. The molecule has 2 rings (SSSR count). The molecule has 1 N–H and O–H groups in total. The zero-order valence-corrected chi connectivity index (χ0v) is 14.0. The van der Waals surface area contributed by atoms with Crippen molar-refractivity contribution in [3.05, 3.63) is 30.3 Å². The molecule has 1 aromatic rings. The van der Waals surface area contributed by atoms with E-state index < -0.39 is 0 Å². The number of hydrogen-bond acceptors (Lipinski definition) is 3. The van der Waals surface area contributed by atoms with E-state index in [4.69, 9.17) is 0 Å². The number of amides is 1. The first kappa shape index (κ1) is 16.4. The van der Waals surface area contributed by atoms with Gasteiger partial charge in [-0.25, -0.2) is 0 Å². The molecule has 116 valence electrons. The maximum Gasteiger partial charge on any atom is 0.228 e. The molecule has 0 radical (unpaired) electrons. The summed E-state index contributed by atoms with van der Waals surface area (Å²) in [5, 5.41) is 4.41. The molecule has 1 saturated carbocycles. The Labute approximate surface area is 132 Å². The van der Waals surface area contributed by atoms with E-state index in [9.17, 15) is 4.79 Å². The normalized spacial score (nSPS) is 23.0. The zero-order valence-electron chi connectivity index (χ0n) is 13.2. The molecule has 0 spiro atoms. The lowest BCUT2D eigenvalue weighted by molar-refractivity contribution is -0.118. The Morgan fingerprint density at radius 2 is 2.10 bits per heavy atom. The molecule has 1 aliphatic carbocycles. The second-order valence-corrected chi connectivity index (χ2v) is 7.07. The van der Waals surface area contributed by atoms with Crippen molar-refractivity contribution < 1.29 is 4.79 Å². The largest absolute Gasteiger partial charge is 0.315 e. The van der Waals surface area contributed by atoms with Crippen LogP contribution in [0.15, 0.2) is 30.3 Å². The van der Waals surface area contributed by atoms with Crippen LogP contribution in [0.4, 0.5) is 5.69 Å². The summed E-state index contributed by atoms with van der Waals surface area (Å²) in [6, 6.07) is 10.6. The third kappa shape index (κ3) is 4.75. The predicted octanol–water partition coefficient (Wildman–Crippen LogP) is 3.30. The zero-order chi connectivity index (χ0) is 15.2. The van der Waals surface area contributed by atoms with Crippen molar-refractivity contribution in [2.24, 2.45) is 0 Å². The van der Waals surface area contributed by atoms with Gasteiger partial charge in [0.2, 0.25) is 5.91 Å². The van der Waals surface area contributed by atoms with Crippen molar-refractivity contribution in [1.29, 1.82) is 0 Å². The minimum absolute atomic E-state index is 0.167.